The van der Waals surface area contributed by atoms with Crippen LogP contribution in [0.25, 0.3) is 0 Å². The highest BCUT2D eigenvalue weighted by Crippen LogP contribution is 2.36. The van der Waals surface area contributed by atoms with E-state index < -0.39 is 5.82 Å². The Bertz CT molecular complexity index is 638. The monoisotopic (exact) mass is 293 g/mol. The summed E-state index contributed by atoms with van der Waals surface area (Å²) in [6.07, 6.45) is 0.525. The van der Waals surface area contributed by atoms with E-state index in [1.807, 2.05) is 6.07 Å². The summed E-state index contributed by atoms with van der Waals surface area (Å²) in [7, 11) is 0. The summed E-state index contributed by atoms with van der Waals surface area (Å²) < 4.78 is 27.6. The predicted octanol–water partition coefficient (Wildman–Crippen LogP) is 3.70. The smallest absolute Gasteiger partial charge is 0.142 e. The summed E-state index contributed by atoms with van der Waals surface area (Å²) in [6.45, 7) is 1.33. The highest BCUT2D eigenvalue weighted by Gasteiger charge is 2.41. The normalized spacial score (nSPS) is 16.8. The molecular formula is C16H14ClF2N. The Balaban J connectivity index is 1.99. The van der Waals surface area contributed by atoms with Gasteiger partial charge in [0.1, 0.15) is 11.6 Å². The minimum Gasteiger partial charge on any atom is -0.315 e. The lowest BCUT2D eigenvalue weighted by molar-refractivity contribution is 0.265. The van der Waals surface area contributed by atoms with Crippen LogP contribution in [0, 0.1) is 11.6 Å². The Morgan fingerprint density at radius 3 is 2.35 bits per heavy atom. The molecule has 104 valence electrons. The molecule has 1 heterocycles. The van der Waals surface area contributed by atoms with Crippen molar-refractivity contribution >= 4 is 11.6 Å². The maximum Gasteiger partial charge on any atom is 0.142 e. The van der Waals surface area contributed by atoms with Gasteiger partial charge in [-0.1, -0.05) is 41.9 Å². The van der Waals surface area contributed by atoms with Crippen molar-refractivity contribution in [3.63, 3.8) is 0 Å². The molecule has 20 heavy (non-hydrogen) atoms. The minimum atomic E-state index is -0.430. The molecule has 1 fully saturated rings. The van der Waals surface area contributed by atoms with Gasteiger partial charge in [-0.25, -0.2) is 8.78 Å². The van der Waals surface area contributed by atoms with Gasteiger partial charge in [0.25, 0.3) is 0 Å². The maximum absolute atomic E-state index is 14.1. The van der Waals surface area contributed by atoms with Crippen LogP contribution in [-0.2, 0) is 11.8 Å². The first kappa shape index (κ1) is 13.5. The zero-order valence-electron chi connectivity index (χ0n) is 10.8. The van der Waals surface area contributed by atoms with Crippen molar-refractivity contribution in [3.05, 3.63) is 70.2 Å². The SMILES string of the molecule is Fc1ccccc1C1(Cc2cccc(F)c2Cl)CNC1. The van der Waals surface area contributed by atoms with Crippen molar-refractivity contribution < 1.29 is 8.78 Å². The Hall–Kier alpha value is -1.45. The van der Waals surface area contributed by atoms with E-state index in [0.29, 0.717) is 25.1 Å². The fourth-order valence-corrected chi connectivity index (χ4v) is 2.97. The number of nitrogens with one attached hydrogen (secondary N) is 1. The van der Waals surface area contributed by atoms with Crippen LogP contribution in [0.15, 0.2) is 42.5 Å². The van der Waals surface area contributed by atoms with Gasteiger partial charge < -0.3 is 5.32 Å². The summed E-state index contributed by atoms with van der Waals surface area (Å²) in [5.41, 5.74) is 1.04. The molecule has 0 aliphatic carbocycles. The van der Waals surface area contributed by atoms with E-state index in [1.165, 1.54) is 12.1 Å². The van der Waals surface area contributed by atoms with E-state index in [9.17, 15) is 8.78 Å². The zero-order chi connectivity index (χ0) is 14.2. The van der Waals surface area contributed by atoms with Crippen molar-refractivity contribution in [2.24, 2.45) is 0 Å². The minimum absolute atomic E-state index is 0.134. The van der Waals surface area contributed by atoms with Gasteiger partial charge in [0.15, 0.2) is 0 Å². The standard InChI is InChI=1S/C16H14ClF2N/c17-15-11(4-3-7-14(15)19)8-16(9-20-10-16)12-5-1-2-6-13(12)18/h1-7,20H,8-10H2. The fraction of sp³-hybridized carbons (Fsp3) is 0.250. The first-order valence-corrected chi connectivity index (χ1v) is 6.89. The van der Waals surface area contributed by atoms with Crippen molar-refractivity contribution in [1.29, 1.82) is 0 Å². The molecule has 2 aromatic carbocycles. The van der Waals surface area contributed by atoms with E-state index in [4.69, 9.17) is 11.6 Å². The molecule has 1 aliphatic rings. The summed E-state index contributed by atoms with van der Waals surface area (Å²) >= 11 is 6.02. The van der Waals surface area contributed by atoms with E-state index in [2.05, 4.69) is 5.32 Å². The van der Waals surface area contributed by atoms with Crippen molar-refractivity contribution in [2.45, 2.75) is 11.8 Å². The van der Waals surface area contributed by atoms with Crippen LogP contribution in [0.3, 0.4) is 0 Å². The predicted molar refractivity (Wildman–Crippen MR) is 76.1 cm³/mol. The first-order valence-electron chi connectivity index (χ1n) is 6.51. The number of rotatable bonds is 3. The summed E-state index contributed by atoms with van der Waals surface area (Å²) in [4.78, 5) is 0. The molecule has 0 spiro atoms. The molecule has 0 radical (unpaired) electrons. The molecule has 0 atom stereocenters. The number of halogens is 3. The average Bonchev–Trinajstić information content (AvgIpc) is 2.40. The maximum atomic E-state index is 14.1. The molecular weight excluding hydrogens is 280 g/mol. The van der Waals surface area contributed by atoms with Gasteiger partial charge in [0.2, 0.25) is 0 Å². The molecule has 0 aromatic heterocycles. The van der Waals surface area contributed by atoms with Crippen LogP contribution in [0.4, 0.5) is 8.78 Å². The molecule has 1 saturated heterocycles. The lowest BCUT2D eigenvalue weighted by atomic mass is 9.71. The Labute approximate surface area is 121 Å². The second-order valence-corrected chi connectivity index (χ2v) is 5.63. The molecule has 4 heteroatoms. The van der Waals surface area contributed by atoms with E-state index in [1.54, 1.807) is 24.3 Å². The zero-order valence-corrected chi connectivity index (χ0v) is 11.6. The summed E-state index contributed by atoms with van der Waals surface area (Å²) in [5.74, 6) is -0.651. The third-order valence-corrected chi connectivity index (χ3v) is 4.36. The van der Waals surface area contributed by atoms with Gasteiger partial charge in [-0.15, -0.1) is 0 Å². The van der Waals surface area contributed by atoms with Gasteiger partial charge in [0, 0.05) is 18.5 Å². The second-order valence-electron chi connectivity index (χ2n) is 5.25. The van der Waals surface area contributed by atoms with Crippen molar-refractivity contribution in [1.82, 2.24) is 5.32 Å². The van der Waals surface area contributed by atoms with Gasteiger partial charge >= 0.3 is 0 Å². The summed E-state index contributed by atoms with van der Waals surface area (Å²) in [5, 5.41) is 3.31. The molecule has 0 bridgehead atoms. The molecule has 1 nitrogen and oxygen atoms in total. The van der Waals surface area contributed by atoms with Crippen LogP contribution in [-0.4, -0.2) is 13.1 Å². The van der Waals surface area contributed by atoms with Crippen LogP contribution >= 0.6 is 11.6 Å². The largest absolute Gasteiger partial charge is 0.315 e. The van der Waals surface area contributed by atoms with E-state index >= 15 is 0 Å². The lowest BCUT2D eigenvalue weighted by Gasteiger charge is -2.43. The van der Waals surface area contributed by atoms with Gasteiger partial charge in [-0.2, -0.15) is 0 Å². The molecule has 0 unspecified atom stereocenters. The van der Waals surface area contributed by atoms with Crippen molar-refractivity contribution in [3.8, 4) is 0 Å². The molecule has 2 aromatic rings. The highest BCUT2D eigenvalue weighted by molar-refractivity contribution is 6.31. The van der Waals surface area contributed by atoms with Crippen LogP contribution in [0.2, 0.25) is 5.02 Å². The van der Waals surface area contributed by atoms with Crippen LogP contribution in [0.5, 0.6) is 0 Å². The highest BCUT2D eigenvalue weighted by atomic mass is 35.5. The van der Waals surface area contributed by atoms with E-state index in [0.717, 1.165) is 5.56 Å². The molecule has 1 N–H and O–H groups in total. The third-order valence-electron chi connectivity index (χ3n) is 3.93. The second kappa shape index (κ2) is 5.15. The molecule has 3 rings (SSSR count). The topological polar surface area (TPSA) is 12.0 Å². The molecule has 1 aliphatic heterocycles. The van der Waals surface area contributed by atoms with Crippen molar-refractivity contribution in [2.75, 3.05) is 13.1 Å². The fourth-order valence-electron chi connectivity index (χ4n) is 2.78. The number of hydrogen-bond donors (Lipinski definition) is 1. The molecule has 0 amide bonds. The van der Waals surface area contributed by atoms with Gasteiger partial charge in [-0.05, 0) is 29.7 Å². The molecule has 0 saturated carbocycles. The first-order chi connectivity index (χ1) is 9.62. The lowest BCUT2D eigenvalue weighted by Crippen LogP contribution is -2.58. The van der Waals surface area contributed by atoms with E-state index in [-0.39, 0.29) is 16.3 Å². The Kier molecular flexibility index (Phi) is 3.48. The van der Waals surface area contributed by atoms with Gasteiger partial charge in [-0.3, -0.25) is 0 Å². The average molecular weight is 294 g/mol. The third kappa shape index (κ3) is 2.21. The van der Waals surface area contributed by atoms with Crippen LogP contribution < -0.4 is 5.32 Å². The van der Waals surface area contributed by atoms with Crippen LogP contribution in [0.1, 0.15) is 11.1 Å². The number of benzene rings is 2. The Morgan fingerprint density at radius 2 is 1.70 bits per heavy atom. The van der Waals surface area contributed by atoms with Gasteiger partial charge in [0.05, 0.1) is 5.02 Å². The quantitative estimate of drug-likeness (QED) is 0.910. The Morgan fingerprint density at radius 1 is 1.00 bits per heavy atom. The summed E-state index contributed by atoms with van der Waals surface area (Å²) in [6, 6.07) is 11.5. The number of hydrogen-bond acceptors (Lipinski definition) is 1.